The monoisotopic (exact) mass is 359 g/mol. The fraction of sp³-hybridized carbons (Fsp3) is 0.650. The fourth-order valence-electron chi connectivity index (χ4n) is 3.47. The topological polar surface area (TPSA) is 48.0 Å². The Bertz CT molecular complexity index is 664. The van der Waals surface area contributed by atoms with Gasteiger partial charge in [0.25, 0.3) is 5.91 Å². The summed E-state index contributed by atoms with van der Waals surface area (Å²) in [6.07, 6.45) is 2.04. The lowest BCUT2D eigenvalue weighted by Gasteiger charge is -2.32. The van der Waals surface area contributed by atoms with Crippen LogP contribution >= 0.6 is 0 Å². The van der Waals surface area contributed by atoms with E-state index in [2.05, 4.69) is 0 Å². The number of carbonyl (C=O) groups excluding carboxylic acids is 1. The molecule has 0 N–H and O–H groups in total. The molecular formula is C20H30BNO4. The summed E-state index contributed by atoms with van der Waals surface area (Å²) in [5.74, 6) is 0.0670. The number of aryl methyl sites for hydroxylation is 1. The molecule has 26 heavy (non-hydrogen) atoms. The minimum absolute atomic E-state index is 0.0670. The maximum absolute atomic E-state index is 12.9. The Balaban J connectivity index is 1.79. The van der Waals surface area contributed by atoms with Crippen molar-refractivity contribution < 1.29 is 18.8 Å². The summed E-state index contributed by atoms with van der Waals surface area (Å²) < 4.78 is 17.7. The van der Waals surface area contributed by atoms with Crippen molar-refractivity contribution >= 4 is 18.5 Å². The van der Waals surface area contributed by atoms with Gasteiger partial charge in [0.15, 0.2) is 0 Å². The third kappa shape index (κ3) is 3.55. The van der Waals surface area contributed by atoms with E-state index in [1.54, 1.807) is 7.11 Å². The zero-order valence-corrected chi connectivity index (χ0v) is 16.8. The maximum atomic E-state index is 12.9. The van der Waals surface area contributed by atoms with Crippen molar-refractivity contribution in [2.75, 3.05) is 20.2 Å². The van der Waals surface area contributed by atoms with Gasteiger partial charge in [0, 0.05) is 25.8 Å². The van der Waals surface area contributed by atoms with Gasteiger partial charge in [-0.2, -0.15) is 0 Å². The number of rotatable bonds is 3. The van der Waals surface area contributed by atoms with Crippen molar-refractivity contribution in [1.82, 2.24) is 4.90 Å². The van der Waals surface area contributed by atoms with Crippen molar-refractivity contribution in [3.63, 3.8) is 0 Å². The first-order chi connectivity index (χ1) is 12.1. The Hall–Kier alpha value is -1.37. The van der Waals surface area contributed by atoms with Gasteiger partial charge < -0.3 is 18.9 Å². The normalized spacial score (nSPS) is 22.7. The van der Waals surface area contributed by atoms with Crippen molar-refractivity contribution in [1.29, 1.82) is 0 Å². The van der Waals surface area contributed by atoms with E-state index in [0.717, 1.165) is 37.0 Å². The van der Waals surface area contributed by atoms with Crippen LogP contribution in [-0.2, 0) is 14.0 Å². The van der Waals surface area contributed by atoms with Gasteiger partial charge in [-0.25, -0.2) is 0 Å². The SMILES string of the molecule is COC1CCN(C(=O)c2ccc(C)c(B3OC(C)(C)C(C)(C)O3)c2)CC1. The summed E-state index contributed by atoms with van der Waals surface area (Å²) in [6.45, 7) is 11.6. The van der Waals surface area contributed by atoms with Crippen LogP contribution in [0.5, 0.6) is 0 Å². The van der Waals surface area contributed by atoms with E-state index < -0.39 is 18.3 Å². The summed E-state index contributed by atoms with van der Waals surface area (Å²) in [4.78, 5) is 14.8. The molecule has 2 saturated heterocycles. The fourth-order valence-corrected chi connectivity index (χ4v) is 3.47. The van der Waals surface area contributed by atoms with E-state index in [-0.39, 0.29) is 12.0 Å². The zero-order chi connectivity index (χ0) is 19.1. The summed E-state index contributed by atoms with van der Waals surface area (Å²) >= 11 is 0. The highest BCUT2D eigenvalue weighted by atomic mass is 16.7. The van der Waals surface area contributed by atoms with E-state index >= 15 is 0 Å². The first-order valence-electron chi connectivity index (χ1n) is 9.43. The van der Waals surface area contributed by atoms with Crippen LogP contribution in [0.25, 0.3) is 0 Å². The average molecular weight is 359 g/mol. The van der Waals surface area contributed by atoms with Gasteiger partial charge >= 0.3 is 7.12 Å². The Morgan fingerprint density at radius 3 is 2.27 bits per heavy atom. The van der Waals surface area contributed by atoms with E-state index in [1.807, 2.05) is 57.7 Å². The van der Waals surface area contributed by atoms with Gasteiger partial charge in [-0.15, -0.1) is 0 Å². The van der Waals surface area contributed by atoms with Crippen LogP contribution in [0.1, 0.15) is 56.5 Å². The molecule has 2 aliphatic rings. The Labute approximate surface area is 157 Å². The van der Waals surface area contributed by atoms with Gasteiger partial charge in [-0.3, -0.25) is 4.79 Å². The summed E-state index contributed by atoms with van der Waals surface area (Å²) in [5.41, 5.74) is 1.90. The molecule has 5 nitrogen and oxygen atoms in total. The Morgan fingerprint density at radius 2 is 1.73 bits per heavy atom. The molecular weight excluding hydrogens is 329 g/mol. The molecule has 2 aliphatic heterocycles. The average Bonchev–Trinajstić information content (AvgIpc) is 2.82. The molecule has 0 saturated carbocycles. The van der Waals surface area contributed by atoms with E-state index in [4.69, 9.17) is 14.0 Å². The second-order valence-corrected chi connectivity index (χ2v) is 8.39. The van der Waals surface area contributed by atoms with Crippen LogP contribution in [0.4, 0.5) is 0 Å². The molecule has 0 atom stereocenters. The van der Waals surface area contributed by atoms with Gasteiger partial charge in [-0.1, -0.05) is 11.6 Å². The van der Waals surface area contributed by atoms with Crippen LogP contribution in [-0.4, -0.2) is 55.4 Å². The molecule has 142 valence electrons. The predicted molar refractivity (Wildman–Crippen MR) is 103 cm³/mol. The van der Waals surface area contributed by atoms with Crippen LogP contribution in [0.2, 0.25) is 0 Å². The summed E-state index contributed by atoms with van der Waals surface area (Å²) in [7, 11) is 1.28. The predicted octanol–water partition coefficient (Wildman–Crippen LogP) is 2.55. The standard InChI is InChI=1S/C20H30BNO4/c1-14-7-8-15(18(23)22-11-9-16(24-6)10-12-22)13-17(14)21-25-19(2,3)20(4,5)26-21/h7-8,13,16H,9-12H2,1-6H3. The Kier molecular flexibility index (Phi) is 5.21. The second kappa shape index (κ2) is 6.99. The number of benzene rings is 1. The molecule has 0 unspecified atom stereocenters. The molecule has 0 aliphatic carbocycles. The lowest BCUT2D eigenvalue weighted by atomic mass is 9.75. The number of carbonyl (C=O) groups is 1. The van der Waals surface area contributed by atoms with E-state index in [0.29, 0.717) is 5.56 Å². The van der Waals surface area contributed by atoms with Crippen LogP contribution < -0.4 is 5.46 Å². The third-order valence-corrected chi connectivity index (χ3v) is 6.10. The molecule has 2 heterocycles. The van der Waals surface area contributed by atoms with Crippen LogP contribution in [0, 0.1) is 6.92 Å². The summed E-state index contributed by atoms with van der Waals surface area (Å²) in [6, 6.07) is 5.81. The van der Waals surface area contributed by atoms with Crippen molar-refractivity contribution in [3.05, 3.63) is 29.3 Å². The molecule has 0 radical (unpaired) electrons. The lowest BCUT2D eigenvalue weighted by Crippen LogP contribution is -2.41. The molecule has 6 heteroatoms. The number of ether oxygens (including phenoxy) is 1. The molecule has 3 rings (SSSR count). The number of hydrogen-bond acceptors (Lipinski definition) is 4. The molecule has 1 aromatic carbocycles. The largest absolute Gasteiger partial charge is 0.495 e. The maximum Gasteiger partial charge on any atom is 0.495 e. The van der Waals surface area contributed by atoms with E-state index in [9.17, 15) is 4.79 Å². The van der Waals surface area contributed by atoms with Crippen molar-refractivity contribution in [2.24, 2.45) is 0 Å². The first kappa shape index (κ1) is 19.4. The summed E-state index contributed by atoms with van der Waals surface area (Å²) in [5, 5.41) is 0. The minimum Gasteiger partial charge on any atom is -0.399 e. The number of piperidine rings is 1. The lowest BCUT2D eigenvalue weighted by molar-refractivity contribution is 0.00578. The highest BCUT2D eigenvalue weighted by Crippen LogP contribution is 2.36. The van der Waals surface area contributed by atoms with Gasteiger partial charge in [-0.05, 0) is 65.1 Å². The number of hydrogen-bond donors (Lipinski definition) is 0. The van der Waals surface area contributed by atoms with Crippen molar-refractivity contribution in [3.8, 4) is 0 Å². The van der Waals surface area contributed by atoms with Crippen molar-refractivity contribution in [2.45, 2.75) is 64.8 Å². The smallest absolute Gasteiger partial charge is 0.399 e. The molecule has 1 aromatic rings. The minimum atomic E-state index is -0.452. The molecule has 1 amide bonds. The highest BCUT2D eigenvalue weighted by molar-refractivity contribution is 6.62. The van der Waals surface area contributed by atoms with Crippen LogP contribution in [0.15, 0.2) is 18.2 Å². The van der Waals surface area contributed by atoms with Crippen LogP contribution in [0.3, 0.4) is 0 Å². The number of nitrogens with zero attached hydrogens (tertiary/aromatic N) is 1. The number of methoxy groups -OCH3 is 1. The number of likely N-dealkylation sites (tertiary alicyclic amines) is 1. The second-order valence-electron chi connectivity index (χ2n) is 8.39. The third-order valence-electron chi connectivity index (χ3n) is 6.10. The molecule has 2 fully saturated rings. The quantitative estimate of drug-likeness (QED) is 0.779. The van der Waals surface area contributed by atoms with Gasteiger partial charge in [0.1, 0.15) is 0 Å². The zero-order valence-electron chi connectivity index (χ0n) is 16.8. The molecule has 0 spiro atoms. The highest BCUT2D eigenvalue weighted by Gasteiger charge is 2.52. The van der Waals surface area contributed by atoms with Gasteiger partial charge in [0.05, 0.1) is 17.3 Å². The van der Waals surface area contributed by atoms with E-state index in [1.165, 1.54) is 0 Å². The Morgan fingerprint density at radius 1 is 1.15 bits per heavy atom. The van der Waals surface area contributed by atoms with Gasteiger partial charge in [0.2, 0.25) is 0 Å². The number of amides is 1. The molecule has 0 bridgehead atoms. The molecule has 0 aromatic heterocycles. The first-order valence-corrected chi connectivity index (χ1v) is 9.43.